The molecule has 0 aliphatic rings. The molecule has 2 atom stereocenters. The summed E-state index contributed by atoms with van der Waals surface area (Å²) in [6.07, 6.45) is 3.72. The van der Waals surface area contributed by atoms with E-state index in [1.165, 1.54) is 0 Å². The lowest BCUT2D eigenvalue weighted by atomic mass is 9.82. The number of amides is 3. The zero-order valence-electron chi connectivity index (χ0n) is 24.4. The number of aromatic nitrogens is 1. The number of hydrogen-bond donors (Lipinski definition) is 5. The number of aliphatic carboxylic acids is 1. The Morgan fingerprint density at radius 1 is 0.881 bits per heavy atom. The van der Waals surface area contributed by atoms with E-state index in [4.69, 9.17) is 9.84 Å². The molecule has 0 saturated carbocycles. The van der Waals surface area contributed by atoms with Crippen molar-refractivity contribution in [1.82, 2.24) is 20.9 Å². The molecule has 2 aromatic carbocycles. The van der Waals surface area contributed by atoms with Gasteiger partial charge in [0.25, 0.3) is 0 Å². The molecule has 1 unspecified atom stereocenters. The first-order chi connectivity index (χ1) is 20.2. The van der Waals surface area contributed by atoms with Crippen molar-refractivity contribution in [2.75, 3.05) is 13.1 Å². The van der Waals surface area contributed by atoms with Crippen molar-refractivity contribution in [2.45, 2.75) is 65.0 Å². The highest BCUT2D eigenvalue weighted by Gasteiger charge is 2.32. The third kappa shape index (κ3) is 10.6. The summed E-state index contributed by atoms with van der Waals surface area (Å²) in [5.41, 5.74) is 2.97. The van der Waals surface area contributed by atoms with Crippen LogP contribution in [-0.4, -0.2) is 53.1 Å². The number of rotatable bonds is 17. The number of aromatic amines is 1. The molecule has 3 amide bonds. The van der Waals surface area contributed by atoms with Gasteiger partial charge >= 0.3 is 12.1 Å². The number of ether oxygens (including phenoxy) is 1. The summed E-state index contributed by atoms with van der Waals surface area (Å²) < 4.78 is 5.20. The van der Waals surface area contributed by atoms with Gasteiger partial charge in [-0.2, -0.15) is 0 Å². The maximum Gasteiger partial charge on any atom is 0.407 e. The van der Waals surface area contributed by atoms with E-state index in [0.717, 1.165) is 34.9 Å². The Morgan fingerprint density at radius 2 is 1.57 bits per heavy atom. The molecule has 3 rings (SSSR count). The molecule has 5 N–H and O–H groups in total. The van der Waals surface area contributed by atoms with Gasteiger partial charge in [-0.15, -0.1) is 0 Å². The quantitative estimate of drug-likeness (QED) is 0.148. The predicted octanol–water partition coefficient (Wildman–Crippen LogP) is 4.55. The molecule has 0 aliphatic heterocycles. The van der Waals surface area contributed by atoms with Crippen LogP contribution >= 0.6 is 0 Å². The normalized spacial score (nSPS) is 12.5. The lowest BCUT2D eigenvalue weighted by Gasteiger charge is -2.30. The third-order valence-corrected chi connectivity index (χ3v) is 7.21. The summed E-state index contributed by atoms with van der Waals surface area (Å²) >= 11 is 0. The Balaban J connectivity index is 1.50. The molecule has 0 radical (unpaired) electrons. The Labute approximate surface area is 246 Å². The van der Waals surface area contributed by atoms with Gasteiger partial charge in [0.05, 0.1) is 6.42 Å². The molecule has 10 nitrogen and oxygen atoms in total. The molecule has 42 heavy (non-hydrogen) atoms. The number of hydrogen-bond acceptors (Lipinski definition) is 5. The minimum atomic E-state index is -1.07. The van der Waals surface area contributed by atoms with Gasteiger partial charge in [-0.3, -0.25) is 14.4 Å². The first-order valence-electron chi connectivity index (χ1n) is 14.5. The maximum absolute atomic E-state index is 13.4. The Hall–Kier alpha value is -4.34. The molecule has 0 bridgehead atoms. The monoisotopic (exact) mass is 578 g/mol. The molecule has 0 fully saturated rings. The van der Waals surface area contributed by atoms with Crippen molar-refractivity contribution in [3.8, 4) is 0 Å². The lowest BCUT2D eigenvalue weighted by molar-refractivity contribution is -0.139. The smallest absolute Gasteiger partial charge is 0.407 e. The highest BCUT2D eigenvalue weighted by Crippen LogP contribution is 2.26. The van der Waals surface area contributed by atoms with E-state index >= 15 is 0 Å². The van der Waals surface area contributed by atoms with Gasteiger partial charge in [0.1, 0.15) is 12.6 Å². The molecule has 0 saturated heterocycles. The molecule has 226 valence electrons. The topological polar surface area (TPSA) is 150 Å². The molecule has 1 aromatic heterocycles. The highest BCUT2D eigenvalue weighted by molar-refractivity contribution is 5.89. The minimum absolute atomic E-state index is 0.0573. The van der Waals surface area contributed by atoms with E-state index in [0.29, 0.717) is 25.9 Å². The number of carbonyl (C=O) groups is 4. The number of carbonyl (C=O) groups excluding carboxylic acids is 3. The van der Waals surface area contributed by atoms with Crippen LogP contribution in [0.3, 0.4) is 0 Å². The fourth-order valence-corrected chi connectivity index (χ4v) is 4.84. The molecule has 3 aromatic rings. The predicted molar refractivity (Wildman–Crippen MR) is 161 cm³/mol. The number of unbranched alkanes of at least 4 members (excludes halogenated alkanes) is 2. The van der Waals surface area contributed by atoms with Crippen molar-refractivity contribution >= 4 is 34.8 Å². The van der Waals surface area contributed by atoms with Crippen LogP contribution in [0.1, 0.15) is 57.1 Å². The molecular weight excluding hydrogens is 536 g/mol. The number of benzene rings is 2. The molecule has 1 heterocycles. The molecular formula is C32H42N4O6. The van der Waals surface area contributed by atoms with Crippen molar-refractivity contribution in [3.05, 3.63) is 71.9 Å². The van der Waals surface area contributed by atoms with Crippen molar-refractivity contribution in [1.29, 1.82) is 0 Å². The van der Waals surface area contributed by atoms with Crippen LogP contribution in [-0.2, 0) is 32.1 Å². The second kappa shape index (κ2) is 16.8. The SMILES string of the molecule is CC(C)C(Cc1c[nH]c2ccccc12)[C@@H](NC(=O)CCC(=O)O)C(=O)NCCCCCNC(=O)OCc1ccccc1. The summed E-state index contributed by atoms with van der Waals surface area (Å²) in [5.74, 6) is -1.98. The van der Waals surface area contributed by atoms with Gasteiger partial charge in [-0.1, -0.05) is 62.4 Å². The second-order valence-corrected chi connectivity index (χ2v) is 10.8. The number of carboxylic acids is 1. The van der Waals surface area contributed by atoms with Crippen LogP contribution in [0.2, 0.25) is 0 Å². The maximum atomic E-state index is 13.4. The van der Waals surface area contributed by atoms with Crippen LogP contribution in [0, 0.1) is 11.8 Å². The zero-order valence-corrected chi connectivity index (χ0v) is 24.4. The van der Waals surface area contributed by atoms with E-state index in [9.17, 15) is 19.2 Å². The Bertz CT molecular complexity index is 1310. The van der Waals surface area contributed by atoms with Gasteiger partial charge in [0, 0.05) is 36.6 Å². The van der Waals surface area contributed by atoms with E-state index < -0.39 is 24.0 Å². The Morgan fingerprint density at radius 3 is 2.29 bits per heavy atom. The van der Waals surface area contributed by atoms with Crippen LogP contribution in [0.5, 0.6) is 0 Å². The highest BCUT2D eigenvalue weighted by atomic mass is 16.5. The van der Waals surface area contributed by atoms with Gasteiger partial charge in [-0.25, -0.2) is 4.79 Å². The third-order valence-electron chi connectivity index (χ3n) is 7.21. The number of nitrogens with one attached hydrogen (secondary N) is 4. The first kappa shape index (κ1) is 32.2. The van der Waals surface area contributed by atoms with Crippen LogP contribution < -0.4 is 16.0 Å². The first-order valence-corrected chi connectivity index (χ1v) is 14.5. The average molecular weight is 579 g/mol. The largest absolute Gasteiger partial charge is 0.481 e. The van der Waals surface area contributed by atoms with Crippen LogP contribution in [0.4, 0.5) is 4.79 Å². The minimum Gasteiger partial charge on any atom is -0.481 e. The number of alkyl carbamates (subject to hydrolysis) is 1. The summed E-state index contributed by atoms with van der Waals surface area (Å²) in [6.45, 7) is 5.12. The molecule has 0 aliphatic carbocycles. The summed E-state index contributed by atoms with van der Waals surface area (Å²) in [7, 11) is 0. The van der Waals surface area contributed by atoms with E-state index in [1.54, 1.807) is 0 Å². The fourth-order valence-electron chi connectivity index (χ4n) is 4.84. The van der Waals surface area contributed by atoms with Crippen LogP contribution in [0.15, 0.2) is 60.8 Å². The Kier molecular flexibility index (Phi) is 12.9. The number of H-pyrrole nitrogens is 1. The van der Waals surface area contributed by atoms with Crippen molar-refractivity contribution in [3.63, 3.8) is 0 Å². The number of para-hydroxylation sites is 1. The molecule has 10 heteroatoms. The van der Waals surface area contributed by atoms with E-state index in [-0.39, 0.29) is 37.2 Å². The summed E-state index contributed by atoms with van der Waals surface area (Å²) in [6, 6.07) is 16.6. The van der Waals surface area contributed by atoms with Gasteiger partial charge < -0.3 is 30.8 Å². The lowest BCUT2D eigenvalue weighted by Crippen LogP contribution is -2.53. The van der Waals surface area contributed by atoms with E-state index in [1.807, 2.05) is 74.6 Å². The average Bonchev–Trinajstić information content (AvgIpc) is 3.39. The van der Waals surface area contributed by atoms with Crippen molar-refractivity contribution in [2.24, 2.45) is 11.8 Å². The molecule has 0 spiro atoms. The number of fused-ring (bicyclic) bond motifs is 1. The number of carboxylic acid groups (broad SMARTS) is 1. The zero-order chi connectivity index (χ0) is 30.3. The second-order valence-electron chi connectivity index (χ2n) is 10.8. The summed E-state index contributed by atoms with van der Waals surface area (Å²) in [4.78, 5) is 52.2. The van der Waals surface area contributed by atoms with Gasteiger partial charge in [-0.05, 0) is 54.7 Å². The standard InChI is InChI=1S/C32H42N4O6/c1-22(2)26(19-24-20-35-27-14-8-7-13-25(24)27)30(36-28(37)15-16-29(38)39)31(40)33-17-9-4-10-18-34-32(41)42-21-23-11-5-3-6-12-23/h3,5-8,11-14,20,22,26,30,35H,4,9-10,15-19,21H2,1-2H3,(H,33,40)(H,34,41)(H,36,37)(H,38,39)/t26?,30-/m1/s1. The van der Waals surface area contributed by atoms with Gasteiger partial charge in [0.15, 0.2) is 0 Å². The van der Waals surface area contributed by atoms with E-state index in [2.05, 4.69) is 20.9 Å². The van der Waals surface area contributed by atoms with Crippen molar-refractivity contribution < 1.29 is 29.0 Å². The summed E-state index contributed by atoms with van der Waals surface area (Å²) in [5, 5.41) is 18.6. The van der Waals surface area contributed by atoms with Crippen LogP contribution in [0.25, 0.3) is 10.9 Å². The fraction of sp³-hybridized carbons (Fsp3) is 0.438. The van der Waals surface area contributed by atoms with Gasteiger partial charge in [0.2, 0.25) is 11.8 Å².